The largest absolute Gasteiger partial charge is 0.444 e. The normalized spacial score (nSPS) is 23.5. The molecule has 1 N–H and O–H groups in total. The van der Waals surface area contributed by atoms with Gasteiger partial charge in [-0.3, -0.25) is 14.9 Å². The molecule has 2 aromatic rings. The van der Waals surface area contributed by atoms with E-state index in [0.29, 0.717) is 30.3 Å². The van der Waals surface area contributed by atoms with Crippen molar-refractivity contribution in [3.05, 3.63) is 78.0 Å². The van der Waals surface area contributed by atoms with E-state index in [4.69, 9.17) is 4.74 Å². The molecule has 8 heteroatoms. The van der Waals surface area contributed by atoms with Crippen molar-refractivity contribution in [3.8, 4) is 0 Å². The van der Waals surface area contributed by atoms with Gasteiger partial charge in [-0.25, -0.2) is 14.7 Å². The molecule has 5 rings (SSSR count). The van der Waals surface area contributed by atoms with Crippen LogP contribution < -0.4 is 10.2 Å². The Bertz CT molecular complexity index is 1220. The zero-order chi connectivity index (χ0) is 24.7. The Morgan fingerprint density at radius 3 is 2.34 bits per heavy atom. The first-order valence-electron chi connectivity index (χ1n) is 11.7. The van der Waals surface area contributed by atoms with Gasteiger partial charge in [-0.15, -0.1) is 0 Å². The lowest BCUT2D eigenvalue weighted by Gasteiger charge is -2.35. The maximum absolute atomic E-state index is 13.7. The Balaban J connectivity index is 1.49. The summed E-state index contributed by atoms with van der Waals surface area (Å²) in [5.41, 5.74) is 1.57. The number of fused-ring (bicyclic) bond motifs is 3. The summed E-state index contributed by atoms with van der Waals surface area (Å²) >= 11 is 0. The van der Waals surface area contributed by atoms with Crippen molar-refractivity contribution in [2.24, 2.45) is 16.8 Å². The van der Waals surface area contributed by atoms with E-state index in [2.05, 4.69) is 10.3 Å². The van der Waals surface area contributed by atoms with Gasteiger partial charge >= 0.3 is 6.09 Å². The summed E-state index contributed by atoms with van der Waals surface area (Å²) in [6.07, 6.45) is 1.71. The van der Waals surface area contributed by atoms with E-state index in [1.165, 1.54) is 4.90 Å². The molecule has 0 aromatic heterocycles. The summed E-state index contributed by atoms with van der Waals surface area (Å²) in [4.78, 5) is 47.5. The fourth-order valence-corrected chi connectivity index (χ4v) is 4.97. The number of ether oxygens (including phenoxy) is 1. The Hall–Kier alpha value is -3.94. The number of benzene rings is 2. The number of nitrogens with one attached hydrogen (secondary N) is 1. The van der Waals surface area contributed by atoms with Crippen LogP contribution in [0.3, 0.4) is 0 Å². The monoisotopic (exact) mass is 472 g/mol. The van der Waals surface area contributed by atoms with Crippen LogP contribution in [0.1, 0.15) is 32.8 Å². The van der Waals surface area contributed by atoms with Crippen molar-refractivity contribution in [2.75, 3.05) is 4.90 Å². The number of hydrogen-bond acceptors (Lipinski definition) is 6. The maximum Gasteiger partial charge on any atom is 0.414 e. The Kier molecular flexibility index (Phi) is 5.67. The number of amides is 3. The van der Waals surface area contributed by atoms with Crippen LogP contribution in [0, 0.1) is 11.8 Å². The van der Waals surface area contributed by atoms with E-state index in [9.17, 15) is 14.4 Å². The molecule has 0 spiro atoms. The van der Waals surface area contributed by atoms with Crippen molar-refractivity contribution in [1.29, 1.82) is 0 Å². The average molecular weight is 473 g/mol. The van der Waals surface area contributed by atoms with Crippen LogP contribution in [0.5, 0.6) is 0 Å². The number of alkyl carbamates (subject to hydrolysis) is 1. The van der Waals surface area contributed by atoms with Crippen LogP contribution in [0.15, 0.2) is 77.4 Å². The van der Waals surface area contributed by atoms with Crippen molar-refractivity contribution in [2.45, 2.75) is 45.4 Å². The lowest BCUT2D eigenvalue weighted by molar-refractivity contribution is -0.122. The second-order valence-electron chi connectivity index (χ2n) is 9.97. The molecule has 3 atom stereocenters. The molecule has 1 fully saturated rings. The minimum absolute atomic E-state index is 0.199. The van der Waals surface area contributed by atoms with Gasteiger partial charge in [0.15, 0.2) is 0 Å². The number of para-hydroxylation sites is 1. The van der Waals surface area contributed by atoms with Crippen LogP contribution in [0.2, 0.25) is 0 Å². The molecule has 180 valence electrons. The molecular formula is C27H28N4O4. The van der Waals surface area contributed by atoms with Gasteiger partial charge < -0.3 is 9.64 Å². The number of hydrogen-bond donors (Lipinski definition) is 1. The van der Waals surface area contributed by atoms with E-state index < -0.39 is 29.6 Å². The molecule has 2 aliphatic heterocycles. The maximum atomic E-state index is 13.7. The molecule has 1 aliphatic carbocycles. The number of carbonyl (C=O) groups excluding carboxylic acids is 3. The summed E-state index contributed by atoms with van der Waals surface area (Å²) < 4.78 is 5.44. The zero-order valence-electron chi connectivity index (χ0n) is 20.0. The van der Waals surface area contributed by atoms with Crippen LogP contribution >= 0.6 is 0 Å². The van der Waals surface area contributed by atoms with Crippen LogP contribution in [-0.2, 0) is 20.9 Å². The third-order valence-electron chi connectivity index (χ3n) is 6.37. The van der Waals surface area contributed by atoms with Gasteiger partial charge in [0.05, 0.1) is 29.3 Å². The summed E-state index contributed by atoms with van der Waals surface area (Å²) in [6, 6.07) is 18.3. The van der Waals surface area contributed by atoms with Gasteiger partial charge in [0.2, 0.25) is 17.8 Å². The fraction of sp³-hybridized carbons (Fsp3) is 0.333. The number of nitrogens with zero attached hydrogens (tertiary/aromatic N) is 3. The highest BCUT2D eigenvalue weighted by molar-refractivity contribution is 6.22. The molecule has 3 aliphatic rings. The highest BCUT2D eigenvalue weighted by Crippen LogP contribution is 2.44. The topological polar surface area (TPSA) is 91.3 Å². The third kappa shape index (κ3) is 4.32. The van der Waals surface area contributed by atoms with Gasteiger partial charge in [-0.05, 0) is 44.9 Å². The summed E-state index contributed by atoms with van der Waals surface area (Å²) in [5.74, 6) is -1.21. The second-order valence-corrected chi connectivity index (χ2v) is 9.97. The molecule has 8 nitrogen and oxygen atoms in total. The van der Waals surface area contributed by atoms with Gasteiger partial charge in [-0.1, -0.05) is 54.6 Å². The minimum atomic E-state index is -0.672. The third-order valence-corrected chi connectivity index (χ3v) is 6.37. The van der Waals surface area contributed by atoms with Crippen molar-refractivity contribution < 1.29 is 19.1 Å². The molecule has 3 amide bonds. The minimum Gasteiger partial charge on any atom is -0.444 e. The lowest BCUT2D eigenvalue weighted by Crippen LogP contribution is -2.51. The predicted octanol–water partition coefficient (Wildman–Crippen LogP) is 3.84. The Labute approximate surface area is 204 Å². The predicted molar refractivity (Wildman–Crippen MR) is 131 cm³/mol. The first-order chi connectivity index (χ1) is 16.7. The number of imide groups is 1. The van der Waals surface area contributed by atoms with Gasteiger partial charge in [0, 0.05) is 6.54 Å². The summed E-state index contributed by atoms with van der Waals surface area (Å²) in [5, 5.41) is 2.78. The SMILES string of the molecule is CC(C)(C)OC(=O)NC1=NC2=CC[C@H]3C(=O)N(c4ccccc4)C(=O)[C@H]3[C@H]2N1Cc1ccccc1. The van der Waals surface area contributed by atoms with E-state index in [1.807, 2.05) is 59.5 Å². The first kappa shape index (κ1) is 22.8. The van der Waals surface area contributed by atoms with Crippen molar-refractivity contribution in [3.63, 3.8) is 0 Å². The quantitative estimate of drug-likeness (QED) is 0.686. The molecule has 0 saturated carbocycles. The van der Waals surface area contributed by atoms with E-state index in [-0.39, 0.29) is 11.8 Å². The zero-order valence-corrected chi connectivity index (χ0v) is 20.0. The molecule has 35 heavy (non-hydrogen) atoms. The van der Waals surface area contributed by atoms with Gasteiger partial charge in [-0.2, -0.15) is 0 Å². The number of aliphatic imine (C=N–C) groups is 1. The number of rotatable bonds is 3. The molecule has 2 aromatic carbocycles. The van der Waals surface area contributed by atoms with Crippen molar-refractivity contribution in [1.82, 2.24) is 10.2 Å². The molecule has 1 saturated heterocycles. The highest BCUT2D eigenvalue weighted by Gasteiger charge is 2.57. The molecule has 0 unspecified atom stereocenters. The number of allylic oxidation sites excluding steroid dienone is 1. The molecule has 0 bridgehead atoms. The van der Waals surface area contributed by atoms with Crippen LogP contribution in [0.25, 0.3) is 0 Å². The standard InChI is InChI=1S/C27H28N4O4/c1-27(2,3)35-26(34)29-25-28-20-15-14-19-21(22(20)30(25)16-17-10-6-4-7-11-17)24(33)31(23(19)32)18-12-8-5-9-13-18/h4-13,15,19,21-22H,14,16H2,1-3H3,(H,28,29,34)/t19-,21-,22+/m1/s1. The van der Waals surface area contributed by atoms with Gasteiger partial charge in [0.25, 0.3) is 0 Å². The molecule has 2 heterocycles. The number of carbonyl (C=O) groups is 3. The van der Waals surface area contributed by atoms with Crippen LogP contribution in [0.4, 0.5) is 10.5 Å². The average Bonchev–Trinajstić information content (AvgIpc) is 3.27. The Morgan fingerprint density at radius 1 is 1.03 bits per heavy atom. The van der Waals surface area contributed by atoms with E-state index in [1.54, 1.807) is 32.9 Å². The fourth-order valence-electron chi connectivity index (χ4n) is 4.97. The highest BCUT2D eigenvalue weighted by atomic mass is 16.6. The van der Waals surface area contributed by atoms with E-state index in [0.717, 1.165) is 5.56 Å². The first-order valence-corrected chi connectivity index (χ1v) is 11.7. The Morgan fingerprint density at radius 2 is 1.69 bits per heavy atom. The van der Waals surface area contributed by atoms with Gasteiger partial charge in [0.1, 0.15) is 5.60 Å². The second kappa shape index (κ2) is 8.69. The van der Waals surface area contributed by atoms with Crippen LogP contribution in [-0.4, -0.2) is 40.4 Å². The molecular weight excluding hydrogens is 444 g/mol. The lowest BCUT2D eigenvalue weighted by atomic mass is 9.79. The summed E-state index contributed by atoms with van der Waals surface area (Å²) in [6.45, 7) is 5.78. The number of anilines is 1. The smallest absolute Gasteiger partial charge is 0.414 e. The van der Waals surface area contributed by atoms with Crippen molar-refractivity contribution >= 4 is 29.6 Å². The number of guanidine groups is 1. The molecule has 0 radical (unpaired) electrons. The summed E-state index contributed by atoms with van der Waals surface area (Å²) in [7, 11) is 0. The van der Waals surface area contributed by atoms with E-state index >= 15 is 0 Å².